The van der Waals surface area contributed by atoms with Crippen LogP contribution >= 0.6 is 11.5 Å². The van der Waals surface area contributed by atoms with Gasteiger partial charge in [-0.2, -0.15) is 4.37 Å². The summed E-state index contributed by atoms with van der Waals surface area (Å²) in [5.74, 6) is -0.317. The minimum atomic E-state index is -0.317. The molecule has 0 saturated heterocycles. The van der Waals surface area contributed by atoms with E-state index in [0.29, 0.717) is 6.61 Å². The van der Waals surface area contributed by atoms with Crippen molar-refractivity contribution in [2.75, 3.05) is 6.61 Å². The van der Waals surface area contributed by atoms with E-state index in [9.17, 15) is 4.79 Å². The van der Waals surface area contributed by atoms with Crippen LogP contribution in [0.3, 0.4) is 0 Å². The lowest BCUT2D eigenvalue weighted by atomic mass is 10.1. The van der Waals surface area contributed by atoms with Crippen LogP contribution in [0.2, 0.25) is 0 Å². The molecule has 0 atom stereocenters. The lowest BCUT2D eigenvalue weighted by molar-refractivity contribution is -0.137. The van der Waals surface area contributed by atoms with Crippen molar-refractivity contribution < 1.29 is 9.53 Å². The van der Waals surface area contributed by atoms with Crippen molar-refractivity contribution in [1.29, 1.82) is 0 Å². The summed E-state index contributed by atoms with van der Waals surface area (Å²) in [6, 6.07) is 5.83. The van der Waals surface area contributed by atoms with E-state index in [-0.39, 0.29) is 5.97 Å². The molecule has 4 heteroatoms. The van der Waals surface area contributed by atoms with E-state index < -0.39 is 0 Å². The number of carbonyl (C=O) groups is 1. The normalized spacial score (nSPS) is 11.1. The van der Waals surface area contributed by atoms with Crippen molar-refractivity contribution in [2.24, 2.45) is 0 Å². The molecular weight excluding hydrogens is 222 g/mol. The zero-order chi connectivity index (χ0) is 11.4. The van der Waals surface area contributed by atoms with Gasteiger partial charge >= 0.3 is 5.97 Å². The zero-order valence-electron chi connectivity index (χ0n) is 8.84. The van der Waals surface area contributed by atoms with Gasteiger partial charge in [-0.1, -0.05) is 12.1 Å². The lowest BCUT2D eigenvalue weighted by Gasteiger charge is -1.96. The number of hydrogen-bond donors (Lipinski definition) is 0. The van der Waals surface area contributed by atoms with Crippen molar-refractivity contribution >= 4 is 34.5 Å². The molecule has 0 bridgehead atoms. The summed E-state index contributed by atoms with van der Waals surface area (Å²) in [4.78, 5) is 11.2. The third kappa shape index (κ3) is 2.28. The Morgan fingerprint density at radius 3 is 3.25 bits per heavy atom. The minimum Gasteiger partial charge on any atom is -0.463 e. The summed E-state index contributed by atoms with van der Waals surface area (Å²) in [5.41, 5.74) is 1.94. The lowest BCUT2D eigenvalue weighted by Crippen LogP contribution is -1.98. The van der Waals surface area contributed by atoms with Crippen molar-refractivity contribution in [3.05, 3.63) is 35.2 Å². The molecule has 2 rings (SSSR count). The van der Waals surface area contributed by atoms with Gasteiger partial charge in [-0.25, -0.2) is 4.79 Å². The first-order valence-corrected chi connectivity index (χ1v) is 5.83. The Morgan fingerprint density at radius 2 is 2.44 bits per heavy atom. The summed E-state index contributed by atoms with van der Waals surface area (Å²) in [5, 5.41) is 3.04. The molecule has 0 aliphatic rings. The predicted molar refractivity (Wildman–Crippen MR) is 65.3 cm³/mol. The van der Waals surface area contributed by atoms with Gasteiger partial charge in [-0.05, 0) is 36.2 Å². The number of hydrogen-bond acceptors (Lipinski definition) is 4. The van der Waals surface area contributed by atoms with Crippen LogP contribution < -0.4 is 0 Å². The molecule has 1 heterocycles. The van der Waals surface area contributed by atoms with E-state index in [1.54, 1.807) is 13.0 Å². The van der Waals surface area contributed by atoms with Gasteiger partial charge < -0.3 is 4.74 Å². The molecule has 82 valence electrons. The van der Waals surface area contributed by atoms with Crippen LogP contribution in [0.15, 0.2) is 29.7 Å². The van der Waals surface area contributed by atoms with Gasteiger partial charge in [-0.15, -0.1) is 0 Å². The fourth-order valence-electron chi connectivity index (χ4n) is 1.41. The molecule has 0 amide bonds. The van der Waals surface area contributed by atoms with Crippen LogP contribution in [-0.4, -0.2) is 16.9 Å². The van der Waals surface area contributed by atoms with Crippen LogP contribution in [0.25, 0.3) is 17.0 Å². The second-order valence-corrected chi connectivity index (χ2v) is 3.81. The van der Waals surface area contributed by atoms with Crippen LogP contribution in [0.5, 0.6) is 0 Å². The highest BCUT2D eigenvalue weighted by molar-refractivity contribution is 7.04. The molecule has 16 heavy (non-hydrogen) atoms. The molecule has 1 aromatic carbocycles. The predicted octanol–water partition coefficient (Wildman–Crippen LogP) is 2.87. The van der Waals surface area contributed by atoms with E-state index in [2.05, 4.69) is 4.37 Å². The van der Waals surface area contributed by atoms with Crippen LogP contribution in [-0.2, 0) is 9.53 Å². The van der Waals surface area contributed by atoms with Gasteiger partial charge in [0.15, 0.2) is 0 Å². The molecule has 2 aromatic rings. The van der Waals surface area contributed by atoms with Gasteiger partial charge in [-0.3, -0.25) is 0 Å². The zero-order valence-corrected chi connectivity index (χ0v) is 9.66. The fourth-order valence-corrected chi connectivity index (χ4v) is 2.10. The molecule has 0 spiro atoms. The summed E-state index contributed by atoms with van der Waals surface area (Å²) >= 11 is 1.41. The highest BCUT2D eigenvalue weighted by atomic mass is 32.1. The molecular formula is C12H11NO2S. The minimum absolute atomic E-state index is 0.317. The average molecular weight is 233 g/mol. The maximum atomic E-state index is 11.2. The third-order valence-electron chi connectivity index (χ3n) is 2.12. The highest BCUT2D eigenvalue weighted by Gasteiger charge is 2.00. The smallest absolute Gasteiger partial charge is 0.330 e. The molecule has 0 unspecified atom stereocenters. The Labute approximate surface area is 97.5 Å². The molecule has 3 nitrogen and oxygen atoms in total. The summed E-state index contributed by atoms with van der Waals surface area (Å²) in [7, 11) is 0. The van der Waals surface area contributed by atoms with Crippen LogP contribution in [0, 0.1) is 0 Å². The molecule has 0 fully saturated rings. The van der Waals surface area contributed by atoms with Crippen molar-refractivity contribution in [3.8, 4) is 0 Å². The Bertz CT molecular complexity index is 531. The van der Waals surface area contributed by atoms with Gasteiger partial charge in [0.2, 0.25) is 0 Å². The second kappa shape index (κ2) is 4.90. The molecule has 0 N–H and O–H groups in total. The second-order valence-electron chi connectivity index (χ2n) is 3.18. The maximum absolute atomic E-state index is 11.2. The maximum Gasteiger partial charge on any atom is 0.330 e. The Hall–Kier alpha value is -1.68. The quantitative estimate of drug-likeness (QED) is 0.604. The average Bonchev–Trinajstić information content (AvgIpc) is 2.75. The van der Waals surface area contributed by atoms with Gasteiger partial charge in [0.1, 0.15) is 0 Å². The molecule has 0 saturated carbocycles. The van der Waals surface area contributed by atoms with Crippen molar-refractivity contribution in [2.45, 2.75) is 6.92 Å². The number of esters is 1. The highest BCUT2D eigenvalue weighted by Crippen LogP contribution is 2.20. The summed E-state index contributed by atoms with van der Waals surface area (Å²) < 4.78 is 9.05. The monoisotopic (exact) mass is 233 g/mol. The van der Waals surface area contributed by atoms with Crippen molar-refractivity contribution in [3.63, 3.8) is 0 Å². The van der Waals surface area contributed by atoms with Gasteiger partial charge in [0.25, 0.3) is 0 Å². The van der Waals surface area contributed by atoms with E-state index >= 15 is 0 Å². The molecule has 1 aromatic heterocycles. The van der Waals surface area contributed by atoms with Gasteiger partial charge in [0.05, 0.1) is 12.1 Å². The number of aromatic nitrogens is 1. The molecule has 0 aliphatic carbocycles. The number of ether oxygens (including phenoxy) is 1. The SMILES string of the molecule is CCOC(=O)C=Cc1cccc2nscc12. The van der Waals surface area contributed by atoms with E-state index in [1.165, 1.54) is 17.6 Å². The van der Waals surface area contributed by atoms with E-state index in [0.717, 1.165) is 16.5 Å². The van der Waals surface area contributed by atoms with E-state index in [4.69, 9.17) is 4.74 Å². The largest absolute Gasteiger partial charge is 0.463 e. The number of nitrogens with zero attached hydrogens (tertiary/aromatic N) is 1. The van der Waals surface area contributed by atoms with E-state index in [1.807, 2.05) is 23.6 Å². The summed E-state index contributed by atoms with van der Waals surface area (Å²) in [6.07, 6.45) is 3.20. The summed E-state index contributed by atoms with van der Waals surface area (Å²) in [6.45, 7) is 2.18. The third-order valence-corrected chi connectivity index (χ3v) is 2.77. The molecule has 0 aliphatic heterocycles. The number of benzene rings is 1. The topological polar surface area (TPSA) is 39.2 Å². The number of rotatable bonds is 3. The Balaban J connectivity index is 2.27. The Kier molecular flexibility index (Phi) is 3.31. The van der Waals surface area contributed by atoms with Crippen molar-refractivity contribution in [1.82, 2.24) is 4.37 Å². The van der Waals surface area contributed by atoms with Crippen LogP contribution in [0.1, 0.15) is 12.5 Å². The first-order valence-electron chi connectivity index (χ1n) is 4.99. The fraction of sp³-hybridized carbons (Fsp3) is 0.167. The first-order chi connectivity index (χ1) is 7.81. The molecule has 0 radical (unpaired) electrons. The number of carbonyl (C=O) groups excluding carboxylic acids is 1. The number of fused-ring (bicyclic) bond motifs is 1. The Morgan fingerprint density at radius 1 is 1.56 bits per heavy atom. The van der Waals surface area contributed by atoms with Crippen LogP contribution in [0.4, 0.5) is 0 Å². The van der Waals surface area contributed by atoms with Gasteiger partial charge in [0, 0.05) is 16.8 Å². The first kappa shape index (κ1) is 10.8. The standard InChI is InChI=1S/C12H11NO2S/c1-2-15-12(14)7-6-9-4-3-5-11-10(9)8-16-13-11/h3-8H,2H2,1H3.